The maximum atomic E-state index is 12.9. The Balaban J connectivity index is 1.58. The Morgan fingerprint density at radius 3 is 2.48 bits per heavy atom. The summed E-state index contributed by atoms with van der Waals surface area (Å²) in [6.07, 6.45) is 6.73. The fraction of sp³-hybridized carbons (Fsp3) is 0.308. The Bertz CT molecular complexity index is 1080. The van der Waals surface area contributed by atoms with Crippen molar-refractivity contribution in [2.24, 2.45) is 18.9 Å². The number of benzene rings is 2. The predicted molar refractivity (Wildman–Crippen MR) is 116 cm³/mol. The lowest BCUT2D eigenvalue weighted by Crippen LogP contribution is -2.45. The van der Waals surface area contributed by atoms with E-state index in [4.69, 9.17) is 5.10 Å². The molecule has 1 heterocycles. The maximum Gasteiger partial charge on any atom is 0.159 e. The van der Waals surface area contributed by atoms with Gasteiger partial charge in [-0.15, -0.1) is 0 Å². The first kappa shape index (κ1) is 18.1. The molecule has 2 aliphatic rings. The fourth-order valence-corrected chi connectivity index (χ4v) is 5.48. The molecule has 0 amide bonds. The number of carbonyl (C=O) groups excluding carboxylic acids is 1. The molecule has 0 radical (unpaired) electrons. The quantitative estimate of drug-likeness (QED) is 0.645. The Kier molecular flexibility index (Phi) is 4.27. The molecule has 3 nitrogen and oxygen atoms in total. The van der Waals surface area contributed by atoms with E-state index in [0.717, 1.165) is 25.0 Å². The number of carbonyl (C=O) groups is 1. The molecular formula is C26H26N2O. The largest absolute Gasteiger partial charge is 0.295 e. The normalized spacial score (nSPS) is 25.5. The molecule has 146 valence electrons. The molecule has 0 saturated carbocycles. The Labute approximate surface area is 172 Å². The van der Waals surface area contributed by atoms with E-state index in [1.54, 1.807) is 0 Å². The highest BCUT2D eigenvalue weighted by molar-refractivity contribution is 5.94. The number of hydrogen-bond acceptors (Lipinski definition) is 2. The molecule has 3 atom stereocenters. The minimum absolute atomic E-state index is 0.0164. The van der Waals surface area contributed by atoms with Gasteiger partial charge in [0, 0.05) is 29.5 Å². The van der Waals surface area contributed by atoms with Crippen LogP contribution in [0.5, 0.6) is 0 Å². The smallest absolute Gasteiger partial charge is 0.159 e. The van der Waals surface area contributed by atoms with Crippen LogP contribution in [0, 0.1) is 11.8 Å². The number of aryl methyl sites for hydroxylation is 1. The van der Waals surface area contributed by atoms with Crippen molar-refractivity contribution in [1.82, 2.24) is 9.78 Å². The first-order valence-corrected chi connectivity index (χ1v) is 10.5. The summed E-state index contributed by atoms with van der Waals surface area (Å²) in [5, 5.41) is 5.00. The number of hydrogen-bond donors (Lipinski definition) is 0. The summed E-state index contributed by atoms with van der Waals surface area (Å²) >= 11 is 0. The second-order valence-corrected chi connectivity index (χ2v) is 8.63. The summed E-state index contributed by atoms with van der Waals surface area (Å²) in [4.78, 5) is 12.9. The number of nitrogens with zero attached hydrogens (tertiary/aromatic N) is 2. The van der Waals surface area contributed by atoms with Crippen molar-refractivity contribution in [3.63, 3.8) is 0 Å². The molecule has 0 saturated heterocycles. The maximum absolute atomic E-state index is 12.9. The molecule has 1 unspecified atom stereocenters. The van der Waals surface area contributed by atoms with Crippen molar-refractivity contribution in [3.05, 3.63) is 89.6 Å². The predicted octanol–water partition coefficient (Wildman–Crippen LogP) is 4.91. The molecule has 3 heteroatoms. The molecule has 0 N–H and O–H groups in total. The summed E-state index contributed by atoms with van der Waals surface area (Å²) < 4.78 is 2.03. The van der Waals surface area contributed by atoms with Crippen molar-refractivity contribution in [2.75, 3.05) is 0 Å². The van der Waals surface area contributed by atoms with E-state index in [0.29, 0.717) is 0 Å². The van der Waals surface area contributed by atoms with Crippen LogP contribution in [0.2, 0.25) is 0 Å². The summed E-state index contributed by atoms with van der Waals surface area (Å²) in [5.74, 6) is 0.563. The summed E-state index contributed by atoms with van der Waals surface area (Å²) in [7, 11) is 2.04. The van der Waals surface area contributed by atoms with Crippen LogP contribution in [-0.4, -0.2) is 15.6 Å². The van der Waals surface area contributed by atoms with Gasteiger partial charge >= 0.3 is 0 Å². The van der Waals surface area contributed by atoms with Gasteiger partial charge in [0.1, 0.15) is 0 Å². The number of ketones is 1. The second-order valence-electron chi connectivity index (χ2n) is 8.63. The zero-order chi connectivity index (χ0) is 20.0. The van der Waals surface area contributed by atoms with Gasteiger partial charge in [0.15, 0.2) is 5.78 Å². The number of aromatic nitrogens is 2. The molecule has 2 aliphatic carbocycles. The van der Waals surface area contributed by atoms with Crippen molar-refractivity contribution in [2.45, 2.75) is 31.6 Å². The van der Waals surface area contributed by atoms with E-state index in [1.807, 2.05) is 29.9 Å². The summed E-state index contributed by atoms with van der Waals surface area (Å²) in [6, 6.07) is 20.9. The van der Waals surface area contributed by atoms with Gasteiger partial charge in [0.05, 0.1) is 11.4 Å². The van der Waals surface area contributed by atoms with E-state index in [2.05, 4.69) is 61.5 Å². The lowest BCUT2D eigenvalue weighted by molar-refractivity contribution is -0.121. The Morgan fingerprint density at radius 2 is 1.76 bits per heavy atom. The zero-order valence-electron chi connectivity index (χ0n) is 17.0. The van der Waals surface area contributed by atoms with Crippen molar-refractivity contribution >= 4 is 5.78 Å². The highest BCUT2D eigenvalue weighted by Gasteiger charge is 2.49. The zero-order valence-corrected chi connectivity index (χ0v) is 17.0. The first-order valence-electron chi connectivity index (χ1n) is 10.5. The van der Waals surface area contributed by atoms with Gasteiger partial charge in [0.25, 0.3) is 0 Å². The third-order valence-electron chi connectivity index (χ3n) is 6.92. The van der Waals surface area contributed by atoms with Crippen LogP contribution in [0.4, 0.5) is 0 Å². The van der Waals surface area contributed by atoms with Crippen LogP contribution in [0.3, 0.4) is 0 Å². The third kappa shape index (κ3) is 2.88. The molecular weight excluding hydrogens is 356 g/mol. The van der Waals surface area contributed by atoms with E-state index >= 15 is 0 Å². The third-order valence-corrected chi connectivity index (χ3v) is 6.92. The monoisotopic (exact) mass is 382 g/mol. The average molecular weight is 383 g/mol. The fourth-order valence-electron chi connectivity index (χ4n) is 5.48. The van der Waals surface area contributed by atoms with Gasteiger partial charge in [-0.1, -0.05) is 73.7 Å². The lowest BCUT2D eigenvalue weighted by atomic mass is 9.58. The number of rotatable bonds is 3. The molecule has 3 aromatic rings. The minimum Gasteiger partial charge on any atom is -0.295 e. The van der Waals surface area contributed by atoms with Crippen LogP contribution in [0.25, 0.3) is 11.3 Å². The van der Waals surface area contributed by atoms with Gasteiger partial charge in [-0.25, -0.2) is 0 Å². The van der Waals surface area contributed by atoms with E-state index in [9.17, 15) is 4.79 Å². The van der Waals surface area contributed by atoms with Crippen molar-refractivity contribution < 1.29 is 4.79 Å². The van der Waals surface area contributed by atoms with Gasteiger partial charge in [0.2, 0.25) is 0 Å². The Morgan fingerprint density at radius 1 is 1.07 bits per heavy atom. The summed E-state index contributed by atoms with van der Waals surface area (Å²) in [5.41, 5.74) is 5.95. The van der Waals surface area contributed by atoms with Crippen LogP contribution >= 0.6 is 0 Å². The summed E-state index contributed by atoms with van der Waals surface area (Å²) in [6.45, 7) is 2.28. The molecule has 5 rings (SSSR count). The van der Waals surface area contributed by atoms with Gasteiger partial charge in [-0.3, -0.25) is 9.48 Å². The van der Waals surface area contributed by atoms with Crippen LogP contribution in [-0.2, 0) is 30.1 Å². The SMILES string of the molecule is Cn1nc2c(c1-c1ccccc1)CC[C@H]1[C@H](Cc3ccccc3)C(=O)C=CC21C. The van der Waals surface area contributed by atoms with Gasteiger partial charge < -0.3 is 0 Å². The molecule has 29 heavy (non-hydrogen) atoms. The van der Waals surface area contributed by atoms with E-state index in [-0.39, 0.29) is 23.0 Å². The van der Waals surface area contributed by atoms with Crippen LogP contribution in [0.15, 0.2) is 72.8 Å². The highest BCUT2D eigenvalue weighted by atomic mass is 16.1. The molecule has 2 aromatic carbocycles. The van der Waals surface area contributed by atoms with Gasteiger partial charge in [-0.05, 0) is 36.8 Å². The molecule has 1 aromatic heterocycles. The molecule has 0 bridgehead atoms. The number of allylic oxidation sites excluding steroid dienone is 2. The second kappa shape index (κ2) is 6.84. The van der Waals surface area contributed by atoms with E-state index < -0.39 is 0 Å². The average Bonchev–Trinajstić information content (AvgIpc) is 3.09. The Hall–Kier alpha value is -2.94. The molecule has 0 aliphatic heterocycles. The highest BCUT2D eigenvalue weighted by Crippen LogP contribution is 2.50. The molecule has 0 fully saturated rings. The van der Waals surface area contributed by atoms with Crippen LogP contribution in [0.1, 0.15) is 30.2 Å². The van der Waals surface area contributed by atoms with Crippen molar-refractivity contribution in [1.29, 1.82) is 0 Å². The van der Waals surface area contributed by atoms with E-state index in [1.165, 1.54) is 22.4 Å². The van der Waals surface area contributed by atoms with Crippen LogP contribution < -0.4 is 0 Å². The van der Waals surface area contributed by atoms with Crippen molar-refractivity contribution in [3.8, 4) is 11.3 Å². The van der Waals surface area contributed by atoms with Gasteiger partial charge in [-0.2, -0.15) is 5.10 Å². The lowest BCUT2D eigenvalue weighted by Gasteiger charge is -2.44. The molecule has 0 spiro atoms. The first-order chi connectivity index (χ1) is 14.1. The topological polar surface area (TPSA) is 34.9 Å². The number of fused-ring (bicyclic) bond motifs is 3. The minimum atomic E-state index is -0.203. The standard InChI is InChI=1S/C26H26N2O/c1-26-16-15-23(29)21(17-18-9-5-3-6-10-18)22(26)14-13-20-24(28(2)27-25(20)26)19-11-7-4-8-12-19/h3-12,15-16,21-22H,13-14,17H2,1-2H3/t21-,22-,26?/m0/s1.